The van der Waals surface area contributed by atoms with E-state index in [9.17, 15) is 26.7 Å². The number of nitrogens with zero attached hydrogens (tertiary/aromatic N) is 1. The number of hydrogen-bond acceptors (Lipinski definition) is 4. The van der Waals surface area contributed by atoms with Crippen LogP contribution in [0.5, 0.6) is 5.75 Å². The van der Waals surface area contributed by atoms with E-state index in [2.05, 4.69) is 20.8 Å². The second-order valence-electron chi connectivity index (χ2n) is 7.69. The van der Waals surface area contributed by atoms with E-state index < -0.39 is 24.4 Å². The van der Waals surface area contributed by atoms with Gasteiger partial charge >= 0.3 is 18.8 Å². The molecule has 0 saturated carbocycles. The minimum atomic E-state index is -4.46. The maximum Gasteiger partial charge on any atom is 0.416 e. The number of rotatable bonds is 7. The van der Waals surface area contributed by atoms with E-state index in [4.69, 9.17) is 0 Å². The highest BCUT2D eigenvalue weighted by molar-refractivity contribution is 5.89. The Morgan fingerprint density at radius 2 is 1.91 bits per heavy atom. The molecule has 3 rings (SSSR count). The number of halogens is 5. The normalized spacial score (nSPS) is 18.6. The van der Waals surface area contributed by atoms with Crippen LogP contribution < -0.4 is 20.8 Å². The van der Waals surface area contributed by atoms with Gasteiger partial charge in [0.2, 0.25) is 0 Å². The number of carbonyl (C=O) groups is 1. The number of urea groups is 1. The minimum Gasteiger partial charge on any atom is -0.435 e. The van der Waals surface area contributed by atoms with Crippen LogP contribution in [0.2, 0.25) is 0 Å². The average molecular weight is 472 g/mol. The quantitative estimate of drug-likeness (QED) is 0.492. The molecule has 6 nitrogen and oxygen atoms in total. The molecule has 2 amide bonds. The van der Waals surface area contributed by atoms with Crippen molar-refractivity contribution < 1.29 is 31.5 Å². The summed E-state index contributed by atoms with van der Waals surface area (Å²) in [5.41, 5.74) is 3.81. The fourth-order valence-electron chi connectivity index (χ4n) is 3.60. The molecule has 0 aliphatic carbocycles. The predicted octanol–water partition coefficient (Wildman–Crippen LogP) is 5.08. The fraction of sp³-hybridized carbons (Fsp3) is 0.409. The molecule has 180 valence electrons. The van der Waals surface area contributed by atoms with Gasteiger partial charge in [0.15, 0.2) is 0 Å². The van der Waals surface area contributed by atoms with Crippen LogP contribution in [0.4, 0.5) is 32.4 Å². The molecule has 33 heavy (non-hydrogen) atoms. The second kappa shape index (κ2) is 10.3. The first-order valence-electron chi connectivity index (χ1n) is 10.4. The Morgan fingerprint density at radius 3 is 2.48 bits per heavy atom. The number of alkyl halides is 5. The van der Waals surface area contributed by atoms with Gasteiger partial charge in [-0.05, 0) is 61.3 Å². The Morgan fingerprint density at radius 1 is 1.21 bits per heavy atom. The molecular formula is C22H25F5N4O2. The first-order valence-corrected chi connectivity index (χ1v) is 10.4. The van der Waals surface area contributed by atoms with Crippen molar-refractivity contribution in [3.8, 4) is 5.75 Å². The van der Waals surface area contributed by atoms with Crippen LogP contribution in [0.1, 0.15) is 36.1 Å². The van der Waals surface area contributed by atoms with Gasteiger partial charge in [0.05, 0.1) is 18.2 Å². The number of anilines is 1. The first-order chi connectivity index (χ1) is 15.6. The molecule has 2 unspecified atom stereocenters. The van der Waals surface area contributed by atoms with Crippen molar-refractivity contribution >= 4 is 11.7 Å². The van der Waals surface area contributed by atoms with Crippen LogP contribution >= 0.6 is 0 Å². The van der Waals surface area contributed by atoms with Crippen LogP contribution in [0.25, 0.3) is 0 Å². The number of nitrogens with one attached hydrogen (secondary N) is 3. The molecule has 0 bridgehead atoms. The van der Waals surface area contributed by atoms with Gasteiger partial charge in [-0.2, -0.15) is 22.0 Å². The molecule has 0 radical (unpaired) electrons. The van der Waals surface area contributed by atoms with Crippen molar-refractivity contribution in [2.24, 2.45) is 0 Å². The summed E-state index contributed by atoms with van der Waals surface area (Å²) in [6, 6.07) is 7.95. The summed E-state index contributed by atoms with van der Waals surface area (Å²) in [5, 5.41) is 7.28. The number of carbonyl (C=O) groups excluding carboxylic acids is 1. The van der Waals surface area contributed by atoms with E-state index in [0.29, 0.717) is 12.1 Å². The Hall–Kier alpha value is -2.92. The number of aryl methyl sites for hydroxylation is 1. The van der Waals surface area contributed by atoms with Gasteiger partial charge in [0, 0.05) is 11.7 Å². The zero-order valence-corrected chi connectivity index (χ0v) is 18.0. The van der Waals surface area contributed by atoms with Gasteiger partial charge in [-0.25, -0.2) is 10.2 Å². The lowest BCUT2D eigenvalue weighted by Crippen LogP contribution is -2.41. The van der Waals surface area contributed by atoms with Gasteiger partial charge in [-0.15, -0.1) is 0 Å². The van der Waals surface area contributed by atoms with E-state index in [1.807, 2.05) is 6.92 Å². The maximum atomic E-state index is 12.7. The number of hydrogen-bond donors (Lipinski definition) is 3. The van der Waals surface area contributed by atoms with Crippen molar-refractivity contribution in [1.82, 2.24) is 15.8 Å². The monoisotopic (exact) mass is 472 g/mol. The molecule has 11 heteroatoms. The van der Waals surface area contributed by atoms with Crippen LogP contribution in [-0.2, 0) is 6.18 Å². The van der Waals surface area contributed by atoms with Gasteiger partial charge in [0.1, 0.15) is 5.75 Å². The fourth-order valence-corrected chi connectivity index (χ4v) is 3.60. The van der Waals surface area contributed by atoms with Crippen molar-refractivity contribution in [3.05, 3.63) is 59.2 Å². The van der Waals surface area contributed by atoms with Gasteiger partial charge in [-0.3, -0.25) is 5.01 Å². The van der Waals surface area contributed by atoms with E-state index in [1.165, 1.54) is 23.2 Å². The molecule has 3 N–H and O–H groups in total. The molecule has 1 fully saturated rings. The van der Waals surface area contributed by atoms with Gasteiger partial charge in [0.25, 0.3) is 0 Å². The van der Waals surface area contributed by atoms with Crippen molar-refractivity contribution in [2.75, 3.05) is 18.4 Å². The molecule has 1 aliphatic heterocycles. The van der Waals surface area contributed by atoms with Gasteiger partial charge in [-0.1, -0.05) is 19.1 Å². The Bertz CT molecular complexity index is 953. The highest BCUT2D eigenvalue weighted by Crippen LogP contribution is 2.31. The summed E-state index contributed by atoms with van der Waals surface area (Å²) >= 11 is 0. The van der Waals surface area contributed by atoms with Gasteiger partial charge < -0.3 is 15.4 Å². The number of hydrazine groups is 1. The zero-order valence-electron chi connectivity index (χ0n) is 18.0. The molecule has 1 aliphatic rings. The molecular weight excluding hydrogens is 447 g/mol. The van der Waals surface area contributed by atoms with Crippen molar-refractivity contribution in [2.45, 2.75) is 45.1 Å². The molecule has 0 aromatic heterocycles. The highest BCUT2D eigenvalue weighted by Gasteiger charge is 2.36. The standard InChI is InChI=1S/C22H25F5N4O2/c1-3-10-28-17-12-31(21(32)29-16-7-5-15(6-8-16)22(25,26)27)30-19(17)14-4-9-18(13(2)11-14)33-20(23)24/h4-9,11,17,19-20,28,30H,3,10,12H2,1-2H3,(H,29,32). The summed E-state index contributed by atoms with van der Waals surface area (Å²) in [6.45, 7) is 1.70. The van der Waals surface area contributed by atoms with Crippen LogP contribution in [-0.4, -0.2) is 36.8 Å². The molecule has 1 heterocycles. The minimum absolute atomic E-state index is 0.0710. The van der Waals surface area contributed by atoms with Crippen molar-refractivity contribution in [1.29, 1.82) is 0 Å². The molecule has 2 aromatic carbocycles. The Balaban J connectivity index is 1.73. The van der Waals surface area contributed by atoms with Crippen molar-refractivity contribution in [3.63, 3.8) is 0 Å². The summed E-state index contributed by atoms with van der Waals surface area (Å²) in [7, 11) is 0. The lowest BCUT2D eigenvalue weighted by Gasteiger charge is -2.21. The molecule has 1 saturated heterocycles. The second-order valence-corrected chi connectivity index (χ2v) is 7.69. The maximum absolute atomic E-state index is 12.7. The predicted molar refractivity (Wildman–Crippen MR) is 113 cm³/mol. The third-order valence-electron chi connectivity index (χ3n) is 5.22. The number of amides is 2. The lowest BCUT2D eigenvalue weighted by atomic mass is 9.99. The van der Waals surface area contributed by atoms with E-state index in [-0.39, 0.29) is 30.1 Å². The lowest BCUT2D eigenvalue weighted by molar-refractivity contribution is -0.137. The topological polar surface area (TPSA) is 65.6 Å². The average Bonchev–Trinajstić information content (AvgIpc) is 3.17. The van der Waals surface area contributed by atoms with E-state index in [1.54, 1.807) is 19.1 Å². The summed E-state index contributed by atoms with van der Waals surface area (Å²) in [6.07, 6.45) is -3.60. The van der Waals surface area contributed by atoms with Crippen LogP contribution in [0, 0.1) is 6.92 Å². The third kappa shape index (κ3) is 6.32. The smallest absolute Gasteiger partial charge is 0.416 e. The summed E-state index contributed by atoms with van der Waals surface area (Å²) in [4.78, 5) is 12.7. The Labute approximate surface area is 188 Å². The highest BCUT2D eigenvalue weighted by atomic mass is 19.4. The van der Waals surface area contributed by atoms with Crippen LogP contribution in [0.3, 0.4) is 0 Å². The third-order valence-corrected chi connectivity index (χ3v) is 5.22. The SMILES string of the molecule is CCCNC1CN(C(=O)Nc2ccc(C(F)(F)F)cc2)NC1c1ccc(OC(F)F)c(C)c1. The van der Waals surface area contributed by atoms with E-state index in [0.717, 1.165) is 24.1 Å². The molecule has 2 atom stereocenters. The zero-order chi connectivity index (χ0) is 24.2. The Kier molecular flexibility index (Phi) is 7.75. The molecule has 0 spiro atoms. The number of ether oxygens (including phenoxy) is 1. The largest absolute Gasteiger partial charge is 0.435 e. The summed E-state index contributed by atoms with van der Waals surface area (Å²) < 4.78 is 67.8. The summed E-state index contributed by atoms with van der Waals surface area (Å²) in [5.74, 6) is 0.0710. The van der Waals surface area contributed by atoms with Crippen LogP contribution in [0.15, 0.2) is 42.5 Å². The first kappa shape index (κ1) is 24.7. The van der Waals surface area contributed by atoms with E-state index >= 15 is 0 Å². The number of benzene rings is 2. The molecule has 2 aromatic rings.